The zero-order valence-corrected chi connectivity index (χ0v) is 15.1. The number of amides is 1. The Bertz CT molecular complexity index is 492. The van der Waals surface area contributed by atoms with Crippen molar-refractivity contribution in [3.05, 3.63) is 29.3 Å². The molecule has 24 heavy (non-hydrogen) atoms. The van der Waals surface area contributed by atoms with Crippen molar-refractivity contribution < 1.29 is 14.6 Å². The fourth-order valence-corrected chi connectivity index (χ4v) is 2.76. The number of hydrogen-bond acceptors (Lipinski definition) is 4. The van der Waals surface area contributed by atoms with E-state index in [1.165, 1.54) is 19.3 Å². The van der Waals surface area contributed by atoms with Crippen LogP contribution in [0, 0.1) is 0 Å². The van der Waals surface area contributed by atoms with Crippen LogP contribution in [0.3, 0.4) is 0 Å². The lowest BCUT2D eigenvalue weighted by Crippen LogP contribution is -2.29. The quantitative estimate of drug-likeness (QED) is 0.576. The Morgan fingerprint density at radius 1 is 1.17 bits per heavy atom. The van der Waals surface area contributed by atoms with Gasteiger partial charge < -0.3 is 20.5 Å². The number of aliphatic hydroxyl groups is 1. The van der Waals surface area contributed by atoms with E-state index < -0.39 is 0 Å². The molecule has 0 atom stereocenters. The molecule has 0 spiro atoms. The van der Waals surface area contributed by atoms with Gasteiger partial charge >= 0.3 is 0 Å². The van der Waals surface area contributed by atoms with E-state index in [1.54, 1.807) is 14.0 Å². The van der Waals surface area contributed by atoms with E-state index in [2.05, 4.69) is 0 Å². The summed E-state index contributed by atoms with van der Waals surface area (Å²) in [5.41, 5.74) is 7.25. The molecule has 3 N–H and O–H groups in total. The van der Waals surface area contributed by atoms with Gasteiger partial charge in [0.25, 0.3) is 0 Å². The molecule has 0 unspecified atom stereocenters. The van der Waals surface area contributed by atoms with Gasteiger partial charge in [-0.3, -0.25) is 4.79 Å². The van der Waals surface area contributed by atoms with E-state index in [-0.39, 0.29) is 12.5 Å². The van der Waals surface area contributed by atoms with E-state index >= 15 is 0 Å². The van der Waals surface area contributed by atoms with Crippen molar-refractivity contribution in [3.8, 4) is 5.75 Å². The number of methoxy groups -OCH3 is 1. The van der Waals surface area contributed by atoms with E-state index in [1.807, 2.05) is 23.1 Å². The third kappa shape index (κ3) is 7.32. The predicted octanol–water partition coefficient (Wildman–Crippen LogP) is 2.84. The maximum Gasteiger partial charge on any atom is 0.219 e. The fraction of sp³-hybridized carbons (Fsp3) is 0.632. The fourth-order valence-electron chi connectivity index (χ4n) is 2.76. The number of carbonyl (C=O) groups is 1. The highest BCUT2D eigenvalue weighted by Gasteiger charge is 2.13. The van der Waals surface area contributed by atoms with Crippen molar-refractivity contribution in [1.29, 1.82) is 0 Å². The monoisotopic (exact) mass is 336 g/mol. The molecule has 0 fully saturated rings. The Kier molecular flexibility index (Phi) is 10.1. The van der Waals surface area contributed by atoms with E-state index in [4.69, 9.17) is 10.5 Å². The minimum absolute atomic E-state index is 0.0140. The normalized spacial score (nSPS) is 10.7. The van der Waals surface area contributed by atoms with Gasteiger partial charge in [-0.2, -0.15) is 0 Å². The molecular weight excluding hydrogens is 304 g/mol. The van der Waals surface area contributed by atoms with Crippen LogP contribution in [0.2, 0.25) is 0 Å². The minimum Gasteiger partial charge on any atom is -0.496 e. The van der Waals surface area contributed by atoms with Crippen LogP contribution in [0.25, 0.3) is 0 Å². The number of unbranched alkanes of at least 4 members (excludes halogenated alkanes) is 5. The molecule has 5 nitrogen and oxygen atoms in total. The van der Waals surface area contributed by atoms with Crippen molar-refractivity contribution in [3.63, 3.8) is 0 Å². The largest absolute Gasteiger partial charge is 0.496 e. The highest BCUT2D eigenvalue weighted by molar-refractivity contribution is 5.73. The second-order valence-electron chi connectivity index (χ2n) is 6.15. The van der Waals surface area contributed by atoms with Crippen LogP contribution in [0.4, 0.5) is 0 Å². The Balaban J connectivity index is 2.52. The molecule has 1 amide bonds. The molecule has 0 saturated heterocycles. The maximum atomic E-state index is 11.9. The number of rotatable bonds is 12. The highest BCUT2D eigenvalue weighted by atomic mass is 16.5. The molecular formula is C19H32N2O3. The summed E-state index contributed by atoms with van der Waals surface area (Å²) in [5, 5.41) is 9.30. The first kappa shape index (κ1) is 20.5. The molecule has 1 aromatic rings. The molecule has 136 valence electrons. The molecule has 0 aromatic heterocycles. The second kappa shape index (κ2) is 11.9. The zero-order chi connectivity index (χ0) is 17.8. The smallest absolute Gasteiger partial charge is 0.219 e. The van der Waals surface area contributed by atoms with Gasteiger partial charge in [0.05, 0.1) is 13.7 Å². The Morgan fingerprint density at radius 2 is 1.83 bits per heavy atom. The van der Waals surface area contributed by atoms with Crippen LogP contribution in [0.5, 0.6) is 5.75 Å². The number of benzene rings is 1. The Labute approximate surface area is 145 Å². The molecule has 0 saturated carbocycles. The van der Waals surface area contributed by atoms with Crippen molar-refractivity contribution in [1.82, 2.24) is 4.90 Å². The average molecular weight is 336 g/mol. The first-order chi connectivity index (χ1) is 11.6. The van der Waals surface area contributed by atoms with Gasteiger partial charge in [-0.1, -0.05) is 31.7 Å². The number of hydrogen-bond donors (Lipinski definition) is 2. The first-order valence-electron chi connectivity index (χ1n) is 8.84. The second-order valence-corrected chi connectivity index (χ2v) is 6.15. The molecule has 0 aliphatic carbocycles. The molecule has 0 heterocycles. The number of nitrogens with zero attached hydrogens (tertiary/aromatic N) is 1. The number of carbonyl (C=O) groups excluding carboxylic acids is 1. The summed E-state index contributed by atoms with van der Waals surface area (Å²) in [5.74, 6) is 0.815. The molecule has 5 heteroatoms. The van der Waals surface area contributed by atoms with Crippen molar-refractivity contribution in [2.45, 2.75) is 58.6 Å². The highest BCUT2D eigenvalue weighted by Crippen LogP contribution is 2.22. The summed E-state index contributed by atoms with van der Waals surface area (Å²) in [6.07, 6.45) is 6.82. The van der Waals surface area contributed by atoms with Gasteiger partial charge in [0.2, 0.25) is 5.91 Å². The van der Waals surface area contributed by atoms with E-state index in [0.29, 0.717) is 6.54 Å². The van der Waals surface area contributed by atoms with Crippen LogP contribution < -0.4 is 10.5 Å². The van der Waals surface area contributed by atoms with Crippen LogP contribution in [0.15, 0.2) is 18.2 Å². The van der Waals surface area contributed by atoms with Gasteiger partial charge in [0, 0.05) is 25.6 Å². The third-order valence-electron chi connectivity index (χ3n) is 4.22. The number of nitrogens with two attached hydrogens (primary N) is 1. The lowest BCUT2D eigenvalue weighted by atomic mass is 10.1. The van der Waals surface area contributed by atoms with Crippen molar-refractivity contribution in [2.24, 2.45) is 5.73 Å². The molecule has 0 aliphatic heterocycles. The average Bonchev–Trinajstić information content (AvgIpc) is 2.59. The van der Waals surface area contributed by atoms with Crippen LogP contribution in [-0.4, -0.2) is 36.1 Å². The van der Waals surface area contributed by atoms with Gasteiger partial charge in [-0.15, -0.1) is 0 Å². The molecule has 0 radical (unpaired) electrons. The van der Waals surface area contributed by atoms with Gasteiger partial charge in [0.15, 0.2) is 0 Å². The SMILES string of the molecule is COc1ccc(CO)cc1CN(CCCCCCCCN)C(C)=O. The van der Waals surface area contributed by atoms with Crippen molar-refractivity contribution in [2.75, 3.05) is 20.2 Å². The van der Waals surface area contributed by atoms with Crippen LogP contribution >= 0.6 is 0 Å². The summed E-state index contributed by atoms with van der Waals surface area (Å²) >= 11 is 0. The standard InChI is InChI=1S/C19H32N2O3/c1-16(23)21(12-8-6-4-3-5-7-11-20)14-18-13-17(15-22)9-10-19(18)24-2/h9-10,13,22H,3-8,11-12,14-15,20H2,1-2H3. The topological polar surface area (TPSA) is 75.8 Å². The molecule has 0 aliphatic rings. The van der Waals surface area contributed by atoms with E-state index in [0.717, 1.165) is 49.2 Å². The summed E-state index contributed by atoms with van der Waals surface area (Å²) in [6, 6.07) is 5.58. The summed E-state index contributed by atoms with van der Waals surface area (Å²) in [6.45, 7) is 3.62. The summed E-state index contributed by atoms with van der Waals surface area (Å²) in [7, 11) is 1.62. The third-order valence-corrected chi connectivity index (χ3v) is 4.22. The predicted molar refractivity (Wildman–Crippen MR) is 96.8 cm³/mol. The van der Waals surface area contributed by atoms with Gasteiger partial charge in [0.1, 0.15) is 5.75 Å². The van der Waals surface area contributed by atoms with Gasteiger partial charge in [-0.05, 0) is 37.1 Å². The molecule has 1 rings (SSSR count). The van der Waals surface area contributed by atoms with Crippen LogP contribution in [0.1, 0.15) is 56.6 Å². The first-order valence-corrected chi connectivity index (χ1v) is 8.84. The lowest BCUT2D eigenvalue weighted by Gasteiger charge is -2.22. The van der Waals surface area contributed by atoms with Gasteiger partial charge in [-0.25, -0.2) is 0 Å². The zero-order valence-electron chi connectivity index (χ0n) is 15.1. The summed E-state index contributed by atoms with van der Waals surface area (Å²) in [4.78, 5) is 13.8. The maximum absolute atomic E-state index is 11.9. The number of ether oxygens (including phenoxy) is 1. The van der Waals surface area contributed by atoms with E-state index in [9.17, 15) is 9.90 Å². The summed E-state index contributed by atoms with van der Waals surface area (Å²) < 4.78 is 5.38. The van der Waals surface area contributed by atoms with Crippen molar-refractivity contribution >= 4 is 5.91 Å². The molecule has 1 aromatic carbocycles. The Morgan fingerprint density at radius 3 is 2.42 bits per heavy atom. The van der Waals surface area contributed by atoms with Crippen LogP contribution in [-0.2, 0) is 17.9 Å². The molecule has 0 bridgehead atoms. The minimum atomic E-state index is -0.0140. The lowest BCUT2D eigenvalue weighted by molar-refractivity contribution is -0.129. The Hall–Kier alpha value is -1.59. The number of aliphatic hydroxyl groups excluding tert-OH is 1.